The summed E-state index contributed by atoms with van der Waals surface area (Å²) in [6, 6.07) is -1.03. The molecule has 482 valence electrons. The Morgan fingerprint density at radius 3 is 1.30 bits per heavy atom. The number of rotatable bonds is 59. The molecule has 8 atom stereocenters. The second kappa shape index (κ2) is 59.4. The summed E-state index contributed by atoms with van der Waals surface area (Å²) in [4.78, 5) is 26.6. The average Bonchev–Trinajstić information content (AvgIpc) is 3.54. The maximum absolute atomic E-state index is 13.5. The quantitative estimate of drug-likeness (QED) is 0.0149. The van der Waals surface area contributed by atoms with Crippen LogP contribution in [0.4, 0.5) is 0 Å². The minimum absolute atomic E-state index is 0.0731. The van der Waals surface area contributed by atoms with Crippen LogP contribution in [0.5, 0.6) is 0 Å². The van der Waals surface area contributed by atoms with Crippen molar-refractivity contribution >= 4 is 11.9 Å². The zero-order valence-corrected chi connectivity index (χ0v) is 53.6. The number of ether oxygens (including phenoxy) is 3. The van der Waals surface area contributed by atoms with E-state index in [1.54, 1.807) is 6.08 Å². The van der Waals surface area contributed by atoms with Crippen molar-refractivity contribution in [2.75, 3.05) is 13.2 Å². The molecule has 1 amide bonds. The van der Waals surface area contributed by atoms with Gasteiger partial charge in [0.25, 0.3) is 0 Å². The van der Waals surface area contributed by atoms with Gasteiger partial charge in [-0.15, -0.1) is 0 Å². The van der Waals surface area contributed by atoms with Crippen molar-refractivity contribution in [1.29, 1.82) is 0 Å². The lowest BCUT2D eigenvalue weighted by molar-refractivity contribution is -0.305. The number of nitrogens with one attached hydrogen (secondary N) is 1. The molecule has 83 heavy (non-hydrogen) atoms. The molecular formula is C72H129NO10. The van der Waals surface area contributed by atoms with Gasteiger partial charge in [0.2, 0.25) is 5.91 Å². The number of amides is 1. The van der Waals surface area contributed by atoms with Crippen molar-refractivity contribution in [3.63, 3.8) is 0 Å². The predicted molar refractivity (Wildman–Crippen MR) is 347 cm³/mol. The molecule has 1 fully saturated rings. The number of aliphatic hydroxyl groups excluding tert-OH is 5. The van der Waals surface area contributed by atoms with Crippen LogP contribution in [0.25, 0.3) is 0 Å². The van der Waals surface area contributed by atoms with Gasteiger partial charge in [0.1, 0.15) is 24.4 Å². The van der Waals surface area contributed by atoms with E-state index in [0.717, 1.165) is 64.2 Å². The van der Waals surface area contributed by atoms with Gasteiger partial charge in [-0.25, -0.2) is 0 Å². The molecule has 0 radical (unpaired) electrons. The van der Waals surface area contributed by atoms with Crippen molar-refractivity contribution in [1.82, 2.24) is 5.32 Å². The Morgan fingerprint density at radius 2 is 0.867 bits per heavy atom. The van der Waals surface area contributed by atoms with Crippen molar-refractivity contribution in [2.45, 2.75) is 359 Å². The van der Waals surface area contributed by atoms with Crippen LogP contribution in [-0.4, -0.2) is 99.6 Å². The van der Waals surface area contributed by atoms with Crippen LogP contribution in [-0.2, 0) is 23.8 Å². The highest BCUT2D eigenvalue weighted by atomic mass is 16.7. The van der Waals surface area contributed by atoms with Crippen LogP contribution in [0.15, 0.2) is 72.9 Å². The number of allylic oxidation sites excluding steroid dienone is 11. The number of hydrogen-bond acceptors (Lipinski definition) is 10. The molecule has 0 aromatic heterocycles. The van der Waals surface area contributed by atoms with E-state index in [1.165, 1.54) is 199 Å². The van der Waals surface area contributed by atoms with Crippen molar-refractivity contribution in [2.24, 2.45) is 0 Å². The molecular weight excluding hydrogens is 1040 g/mol. The second-order valence-corrected chi connectivity index (χ2v) is 24.0. The lowest BCUT2D eigenvalue weighted by Crippen LogP contribution is -2.61. The highest BCUT2D eigenvalue weighted by Crippen LogP contribution is 2.26. The standard InChI is InChI=1S/C72H129NO10/c1-4-7-10-13-16-19-22-25-27-28-29-30-31-32-33-34-35-36-37-39-41-44-47-50-53-56-59-65(76)71(80)73-63(64(75)58-55-52-49-46-43-40-24-21-18-15-12-9-6-3)62-81-72-70(69(79)68(78)66(61-74)82-72)83-67(77)60-57-54-51-48-45-42-38-26-23-20-17-14-11-8-5-2/h8,11,14,17,20,23,26,38,42,45,55,58,63-66,68-70,72,74-76,78-79H,4-7,9-10,12-13,15-16,18-19,21-22,24-25,27-37,39-41,43-44,46-54,56-57,59-62H2,1-3H3,(H,73,80)/b11-8+,17-14+,23-20-,38-26-,45-42+,58-55+. The summed E-state index contributed by atoms with van der Waals surface area (Å²) >= 11 is 0. The van der Waals surface area contributed by atoms with Crippen molar-refractivity contribution in [3.8, 4) is 0 Å². The monoisotopic (exact) mass is 1170 g/mol. The third-order valence-corrected chi connectivity index (χ3v) is 16.3. The summed E-state index contributed by atoms with van der Waals surface area (Å²) in [5, 5.41) is 57.1. The Morgan fingerprint density at radius 1 is 0.482 bits per heavy atom. The summed E-state index contributed by atoms with van der Waals surface area (Å²) in [6.07, 6.45) is 66.8. The van der Waals surface area contributed by atoms with E-state index in [-0.39, 0.29) is 19.4 Å². The molecule has 8 unspecified atom stereocenters. The average molecular weight is 1170 g/mol. The van der Waals surface area contributed by atoms with E-state index < -0.39 is 67.4 Å². The third-order valence-electron chi connectivity index (χ3n) is 16.3. The fourth-order valence-electron chi connectivity index (χ4n) is 10.8. The molecule has 1 rings (SSSR count). The molecule has 6 N–H and O–H groups in total. The highest BCUT2D eigenvalue weighted by Gasteiger charge is 2.47. The zero-order valence-electron chi connectivity index (χ0n) is 53.6. The Labute approximate surface area is 509 Å². The summed E-state index contributed by atoms with van der Waals surface area (Å²) < 4.78 is 17.6. The largest absolute Gasteiger partial charge is 0.454 e. The molecule has 0 spiro atoms. The highest BCUT2D eigenvalue weighted by molar-refractivity contribution is 5.80. The normalized spacial score (nSPS) is 19.0. The van der Waals surface area contributed by atoms with Gasteiger partial charge < -0.3 is 45.1 Å². The molecule has 1 heterocycles. The van der Waals surface area contributed by atoms with E-state index in [2.05, 4.69) is 38.2 Å². The summed E-state index contributed by atoms with van der Waals surface area (Å²) in [5.74, 6) is -1.23. The smallest absolute Gasteiger partial charge is 0.306 e. The van der Waals surface area contributed by atoms with E-state index in [9.17, 15) is 35.1 Å². The molecule has 0 bridgehead atoms. The molecule has 1 aliphatic rings. The van der Waals surface area contributed by atoms with Gasteiger partial charge in [0.05, 0.1) is 25.4 Å². The van der Waals surface area contributed by atoms with E-state index in [0.29, 0.717) is 12.8 Å². The maximum Gasteiger partial charge on any atom is 0.306 e. The Kier molecular flexibility index (Phi) is 55.9. The number of carbonyl (C=O) groups excluding carboxylic acids is 2. The van der Waals surface area contributed by atoms with Gasteiger partial charge in [-0.2, -0.15) is 0 Å². The van der Waals surface area contributed by atoms with Gasteiger partial charge in [0.15, 0.2) is 12.4 Å². The van der Waals surface area contributed by atoms with Crippen LogP contribution < -0.4 is 5.32 Å². The number of carbonyl (C=O) groups is 2. The minimum atomic E-state index is -1.63. The SMILES string of the molecule is CC/C=C/C=C/C=C\C=C/C=C/CCCCCC(=O)OC1C(OCC(NC(=O)C(O)CCCCCCCCCCCCCCCCCCCCCCCCCCCC)C(O)/C=C/CCCCCCCCCCCCC)OC(CO)C(O)C1O. The Balaban J connectivity index is 2.58. The van der Waals surface area contributed by atoms with Crippen LogP contribution in [0.3, 0.4) is 0 Å². The fourth-order valence-corrected chi connectivity index (χ4v) is 10.8. The van der Waals surface area contributed by atoms with E-state index in [4.69, 9.17) is 14.2 Å². The first kappa shape index (κ1) is 78.1. The van der Waals surface area contributed by atoms with Crippen LogP contribution in [0.2, 0.25) is 0 Å². The molecule has 0 saturated carbocycles. The van der Waals surface area contributed by atoms with Gasteiger partial charge in [-0.05, 0) is 44.9 Å². The summed E-state index contributed by atoms with van der Waals surface area (Å²) in [5.41, 5.74) is 0. The molecule has 1 saturated heterocycles. The predicted octanol–water partition coefficient (Wildman–Crippen LogP) is 17.5. The maximum atomic E-state index is 13.5. The molecule has 1 aliphatic heterocycles. The minimum Gasteiger partial charge on any atom is -0.454 e. The molecule has 11 heteroatoms. The number of aliphatic hydroxyl groups is 5. The van der Waals surface area contributed by atoms with Crippen molar-refractivity contribution < 1.29 is 49.3 Å². The first-order chi connectivity index (χ1) is 40.7. The Hall–Kier alpha value is -2.90. The molecule has 11 nitrogen and oxygen atoms in total. The first-order valence-electron chi connectivity index (χ1n) is 34.8. The number of esters is 1. The topological polar surface area (TPSA) is 175 Å². The Bertz CT molecular complexity index is 1630. The van der Waals surface area contributed by atoms with Crippen molar-refractivity contribution in [3.05, 3.63) is 72.9 Å². The van der Waals surface area contributed by atoms with E-state index in [1.807, 2.05) is 54.7 Å². The molecule has 0 aromatic carbocycles. The first-order valence-corrected chi connectivity index (χ1v) is 34.8. The van der Waals surface area contributed by atoms with Crippen LogP contribution >= 0.6 is 0 Å². The number of unbranched alkanes of at least 4 members (excludes halogenated alkanes) is 39. The summed E-state index contributed by atoms with van der Waals surface area (Å²) in [7, 11) is 0. The molecule has 0 aromatic rings. The van der Waals surface area contributed by atoms with Gasteiger partial charge in [0, 0.05) is 6.42 Å². The third kappa shape index (κ3) is 46.9. The lowest BCUT2D eigenvalue weighted by Gasteiger charge is -2.41. The van der Waals surface area contributed by atoms with E-state index >= 15 is 0 Å². The molecule has 0 aliphatic carbocycles. The lowest BCUT2D eigenvalue weighted by atomic mass is 9.99. The van der Waals surface area contributed by atoms with Gasteiger partial charge in [-0.1, -0.05) is 331 Å². The second-order valence-electron chi connectivity index (χ2n) is 24.0. The number of hydrogen-bond donors (Lipinski definition) is 6. The van der Waals surface area contributed by atoms with Crippen LogP contribution in [0.1, 0.15) is 310 Å². The zero-order chi connectivity index (χ0) is 60.3. The summed E-state index contributed by atoms with van der Waals surface area (Å²) in [6.45, 7) is 5.66. The fraction of sp³-hybridized carbons (Fsp3) is 0.806. The van der Waals surface area contributed by atoms with Crippen LogP contribution in [0, 0.1) is 0 Å². The van der Waals surface area contributed by atoms with Gasteiger partial charge >= 0.3 is 5.97 Å². The van der Waals surface area contributed by atoms with Gasteiger partial charge in [-0.3, -0.25) is 9.59 Å².